The Labute approximate surface area is 137 Å². The molecule has 2 heteroatoms. The molecule has 0 atom stereocenters. The summed E-state index contributed by atoms with van der Waals surface area (Å²) < 4.78 is 5.78. The molecular weight excluding hydrogens is 282 g/mol. The molecule has 0 aliphatic rings. The summed E-state index contributed by atoms with van der Waals surface area (Å²) in [7, 11) is 0. The fraction of sp³-hybridized carbons (Fsp3) is 0.0476. The lowest BCUT2D eigenvalue weighted by atomic mass is 10.2. The molecule has 3 aromatic rings. The topological polar surface area (TPSA) is 21.3 Å². The first-order valence-electron chi connectivity index (χ1n) is 7.68. The largest absolute Gasteiger partial charge is 0.457 e. The molecule has 0 heterocycles. The van der Waals surface area contributed by atoms with Crippen molar-refractivity contribution >= 4 is 11.8 Å². The Kier molecular flexibility index (Phi) is 5.09. The van der Waals surface area contributed by atoms with Gasteiger partial charge in [0, 0.05) is 12.2 Å². The number of nitrogens with one attached hydrogen (secondary N) is 1. The molecule has 3 rings (SSSR count). The number of para-hydroxylation sites is 1. The van der Waals surface area contributed by atoms with Gasteiger partial charge in [-0.15, -0.1) is 0 Å². The zero-order valence-corrected chi connectivity index (χ0v) is 12.9. The number of anilines is 1. The molecule has 0 aliphatic carbocycles. The van der Waals surface area contributed by atoms with Gasteiger partial charge in [0.2, 0.25) is 0 Å². The van der Waals surface area contributed by atoms with E-state index in [9.17, 15) is 0 Å². The van der Waals surface area contributed by atoms with Crippen LogP contribution in [0.1, 0.15) is 5.56 Å². The van der Waals surface area contributed by atoms with E-state index in [1.165, 1.54) is 5.56 Å². The van der Waals surface area contributed by atoms with Gasteiger partial charge in [0.15, 0.2) is 0 Å². The smallest absolute Gasteiger partial charge is 0.127 e. The van der Waals surface area contributed by atoms with E-state index >= 15 is 0 Å². The molecular formula is C21H19NO. The Morgan fingerprint density at radius 1 is 0.696 bits per heavy atom. The Bertz CT molecular complexity index is 734. The third-order valence-electron chi connectivity index (χ3n) is 3.37. The summed E-state index contributed by atoms with van der Waals surface area (Å²) in [6, 6.07) is 28.1. The fourth-order valence-electron chi connectivity index (χ4n) is 2.20. The standard InChI is InChI=1S/C21H19NO/c1-3-8-18(9-4-1)10-7-17-22-19-13-15-21(16-14-19)23-20-11-5-2-6-12-20/h1-16,22H,17H2. The molecule has 0 fully saturated rings. The average Bonchev–Trinajstić information content (AvgIpc) is 2.62. The van der Waals surface area contributed by atoms with Gasteiger partial charge < -0.3 is 10.1 Å². The van der Waals surface area contributed by atoms with Crippen LogP contribution in [0.4, 0.5) is 5.69 Å². The minimum Gasteiger partial charge on any atom is -0.457 e. The first-order chi connectivity index (χ1) is 11.4. The third-order valence-corrected chi connectivity index (χ3v) is 3.37. The second-order valence-electron chi connectivity index (χ2n) is 5.13. The number of ether oxygens (including phenoxy) is 1. The van der Waals surface area contributed by atoms with Crippen molar-refractivity contribution in [1.29, 1.82) is 0 Å². The van der Waals surface area contributed by atoms with E-state index in [2.05, 4.69) is 29.6 Å². The zero-order chi connectivity index (χ0) is 15.7. The van der Waals surface area contributed by atoms with E-state index in [0.29, 0.717) is 0 Å². The highest BCUT2D eigenvalue weighted by Gasteiger charge is 1.96. The lowest BCUT2D eigenvalue weighted by Crippen LogP contribution is -1.97. The molecule has 0 spiro atoms. The molecule has 3 aromatic carbocycles. The summed E-state index contributed by atoms with van der Waals surface area (Å²) in [6.45, 7) is 0.785. The van der Waals surface area contributed by atoms with Gasteiger partial charge in [0.25, 0.3) is 0 Å². The van der Waals surface area contributed by atoms with Crippen LogP contribution in [-0.4, -0.2) is 6.54 Å². The monoisotopic (exact) mass is 301 g/mol. The van der Waals surface area contributed by atoms with Crippen LogP contribution in [0.5, 0.6) is 11.5 Å². The molecule has 0 aliphatic heterocycles. The Morgan fingerprint density at radius 3 is 2.00 bits per heavy atom. The van der Waals surface area contributed by atoms with Crippen LogP contribution in [0.25, 0.3) is 6.08 Å². The summed E-state index contributed by atoms with van der Waals surface area (Å²) in [6.07, 6.45) is 4.23. The van der Waals surface area contributed by atoms with Crippen molar-refractivity contribution in [3.63, 3.8) is 0 Å². The van der Waals surface area contributed by atoms with Crippen molar-refractivity contribution in [2.75, 3.05) is 11.9 Å². The maximum absolute atomic E-state index is 5.78. The summed E-state index contributed by atoms with van der Waals surface area (Å²) in [4.78, 5) is 0. The van der Waals surface area contributed by atoms with Gasteiger partial charge in [0.1, 0.15) is 11.5 Å². The molecule has 0 unspecified atom stereocenters. The Hall–Kier alpha value is -3.00. The van der Waals surface area contributed by atoms with E-state index in [-0.39, 0.29) is 0 Å². The van der Waals surface area contributed by atoms with Crippen LogP contribution in [0.2, 0.25) is 0 Å². The highest BCUT2D eigenvalue weighted by molar-refractivity contribution is 5.51. The SMILES string of the molecule is C(=Cc1ccccc1)CNc1ccc(Oc2ccccc2)cc1. The second-order valence-corrected chi connectivity index (χ2v) is 5.13. The maximum atomic E-state index is 5.78. The van der Waals surface area contributed by atoms with Gasteiger partial charge >= 0.3 is 0 Å². The average molecular weight is 301 g/mol. The van der Waals surface area contributed by atoms with Gasteiger partial charge in [-0.3, -0.25) is 0 Å². The third kappa shape index (κ3) is 4.75. The molecule has 0 saturated heterocycles. The molecule has 1 N–H and O–H groups in total. The van der Waals surface area contributed by atoms with Gasteiger partial charge in [0.05, 0.1) is 0 Å². The molecule has 0 amide bonds. The Morgan fingerprint density at radius 2 is 1.30 bits per heavy atom. The normalized spacial score (nSPS) is 10.6. The molecule has 0 saturated carbocycles. The lowest BCUT2D eigenvalue weighted by molar-refractivity contribution is 0.483. The Balaban J connectivity index is 1.51. The number of rotatable bonds is 6. The van der Waals surface area contributed by atoms with Crippen molar-refractivity contribution in [3.05, 3.63) is 96.6 Å². The first-order valence-corrected chi connectivity index (χ1v) is 7.68. The van der Waals surface area contributed by atoms with Gasteiger partial charge in [-0.1, -0.05) is 60.7 Å². The van der Waals surface area contributed by atoms with E-state index in [1.54, 1.807) is 0 Å². The number of benzene rings is 3. The highest BCUT2D eigenvalue weighted by Crippen LogP contribution is 2.22. The second kappa shape index (κ2) is 7.85. The zero-order valence-electron chi connectivity index (χ0n) is 12.9. The highest BCUT2D eigenvalue weighted by atomic mass is 16.5. The van der Waals surface area contributed by atoms with Crippen molar-refractivity contribution in [3.8, 4) is 11.5 Å². The predicted octanol–water partition coefficient (Wildman–Crippen LogP) is 5.60. The van der Waals surface area contributed by atoms with E-state index in [0.717, 1.165) is 23.7 Å². The van der Waals surface area contributed by atoms with E-state index in [4.69, 9.17) is 4.74 Å². The van der Waals surface area contributed by atoms with Gasteiger partial charge in [-0.2, -0.15) is 0 Å². The molecule has 0 aromatic heterocycles. The predicted molar refractivity (Wildman–Crippen MR) is 96.9 cm³/mol. The van der Waals surface area contributed by atoms with E-state index in [1.807, 2.05) is 72.8 Å². The minimum atomic E-state index is 0.785. The lowest BCUT2D eigenvalue weighted by Gasteiger charge is -2.07. The van der Waals surface area contributed by atoms with Crippen molar-refractivity contribution in [1.82, 2.24) is 0 Å². The van der Waals surface area contributed by atoms with Crippen LogP contribution < -0.4 is 10.1 Å². The van der Waals surface area contributed by atoms with Crippen molar-refractivity contribution < 1.29 is 4.74 Å². The molecule has 0 bridgehead atoms. The molecule has 23 heavy (non-hydrogen) atoms. The molecule has 0 radical (unpaired) electrons. The van der Waals surface area contributed by atoms with Gasteiger partial charge in [-0.25, -0.2) is 0 Å². The van der Waals surface area contributed by atoms with E-state index < -0.39 is 0 Å². The summed E-state index contributed by atoms with van der Waals surface area (Å²) >= 11 is 0. The quantitative estimate of drug-likeness (QED) is 0.639. The van der Waals surface area contributed by atoms with Crippen LogP contribution >= 0.6 is 0 Å². The summed E-state index contributed by atoms with van der Waals surface area (Å²) in [5.41, 5.74) is 2.28. The number of hydrogen-bond donors (Lipinski definition) is 1. The van der Waals surface area contributed by atoms with Crippen LogP contribution in [0.3, 0.4) is 0 Å². The molecule has 2 nitrogen and oxygen atoms in total. The maximum Gasteiger partial charge on any atom is 0.127 e. The minimum absolute atomic E-state index is 0.785. The summed E-state index contributed by atoms with van der Waals surface area (Å²) in [5, 5.41) is 3.36. The van der Waals surface area contributed by atoms with Crippen molar-refractivity contribution in [2.24, 2.45) is 0 Å². The first kappa shape index (κ1) is 14.9. The molecule has 114 valence electrons. The fourth-order valence-corrected chi connectivity index (χ4v) is 2.20. The van der Waals surface area contributed by atoms with Crippen molar-refractivity contribution in [2.45, 2.75) is 0 Å². The van der Waals surface area contributed by atoms with Crippen LogP contribution in [-0.2, 0) is 0 Å². The van der Waals surface area contributed by atoms with Gasteiger partial charge in [-0.05, 0) is 42.0 Å². The van der Waals surface area contributed by atoms with Crippen LogP contribution in [0.15, 0.2) is 91.0 Å². The number of hydrogen-bond acceptors (Lipinski definition) is 2. The van der Waals surface area contributed by atoms with Crippen LogP contribution in [0, 0.1) is 0 Å². The summed E-state index contributed by atoms with van der Waals surface area (Å²) in [5.74, 6) is 1.68.